The zero-order valence-electron chi connectivity index (χ0n) is 9.79. The summed E-state index contributed by atoms with van der Waals surface area (Å²) in [6, 6.07) is 10.1. The second-order valence-corrected chi connectivity index (χ2v) is 4.62. The van der Waals surface area contributed by atoms with Crippen molar-refractivity contribution in [3.8, 4) is 0 Å². The Hall–Kier alpha value is -0.820. The zero-order valence-corrected chi connectivity index (χ0v) is 9.79. The van der Waals surface area contributed by atoms with Gasteiger partial charge in [0.05, 0.1) is 0 Å². The molecule has 0 aromatic heterocycles. The van der Waals surface area contributed by atoms with E-state index in [1.807, 2.05) is 0 Å². The van der Waals surface area contributed by atoms with Gasteiger partial charge in [-0.1, -0.05) is 31.2 Å². The normalized spacial score (nSPS) is 22.1. The molecule has 1 nitrogen and oxygen atoms in total. The Morgan fingerprint density at radius 1 is 1.40 bits per heavy atom. The maximum Gasteiger partial charge on any atom is 0.0325 e. The van der Waals surface area contributed by atoms with Crippen molar-refractivity contribution in [2.75, 3.05) is 0 Å². The van der Waals surface area contributed by atoms with Crippen molar-refractivity contribution < 1.29 is 0 Å². The molecule has 1 heteroatoms. The maximum absolute atomic E-state index is 3.72. The van der Waals surface area contributed by atoms with Crippen molar-refractivity contribution in [2.24, 2.45) is 0 Å². The van der Waals surface area contributed by atoms with E-state index in [0.717, 1.165) is 0 Å². The van der Waals surface area contributed by atoms with Crippen LogP contribution in [0.1, 0.15) is 50.3 Å². The molecule has 1 aliphatic rings. The number of fused-ring (bicyclic) bond motifs is 1. The standard InChI is InChI=1S/C14H21N/c1-3-11(2)15-14-10-6-8-12-7-4-5-9-13(12)14/h4-5,7,9,11,14-15H,3,6,8,10H2,1-2H3. The molecule has 1 aromatic carbocycles. The predicted octanol–water partition coefficient (Wildman–Crippen LogP) is 3.45. The van der Waals surface area contributed by atoms with Crippen molar-refractivity contribution in [1.82, 2.24) is 5.32 Å². The van der Waals surface area contributed by atoms with E-state index < -0.39 is 0 Å². The van der Waals surface area contributed by atoms with E-state index in [9.17, 15) is 0 Å². The molecule has 0 bridgehead atoms. The fourth-order valence-corrected chi connectivity index (χ4v) is 2.39. The van der Waals surface area contributed by atoms with Crippen LogP contribution in [-0.4, -0.2) is 6.04 Å². The molecular weight excluding hydrogens is 182 g/mol. The Labute approximate surface area is 92.9 Å². The van der Waals surface area contributed by atoms with Gasteiger partial charge in [-0.2, -0.15) is 0 Å². The molecule has 2 unspecified atom stereocenters. The average molecular weight is 203 g/mol. The summed E-state index contributed by atoms with van der Waals surface area (Å²) in [5.74, 6) is 0. The van der Waals surface area contributed by atoms with Crippen LogP contribution < -0.4 is 5.32 Å². The molecule has 0 amide bonds. The summed E-state index contributed by atoms with van der Waals surface area (Å²) in [4.78, 5) is 0. The molecule has 1 N–H and O–H groups in total. The van der Waals surface area contributed by atoms with Gasteiger partial charge < -0.3 is 5.32 Å². The van der Waals surface area contributed by atoms with Gasteiger partial charge in [-0.15, -0.1) is 0 Å². The number of rotatable bonds is 3. The SMILES string of the molecule is CCC(C)NC1CCCc2ccccc21. The second-order valence-electron chi connectivity index (χ2n) is 4.62. The smallest absolute Gasteiger partial charge is 0.0325 e. The average Bonchev–Trinajstić information content (AvgIpc) is 2.29. The Morgan fingerprint density at radius 3 is 3.00 bits per heavy atom. The monoisotopic (exact) mass is 203 g/mol. The van der Waals surface area contributed by atoms with Crippen LogP contribution in [0, 0.1) is 0 Å². The Morgan fingerprint density at radius 2 is 2.20 bits per heavy atom. The van der Waals surface area contributed by atoms with Crippen molar-refractivity contribution in [3.05, 3.63) is 35.4 Å². The van der Waals surface area contributed by atoms with Crippen LogP contribution in [0.15, 0.2) is 24.3 Å². The fraction of sp³-hybridized carbons (Fsp3) is 0.571. The molecule has 0 saturated carbocycles. The molecule has 0 aliphatic heterocycles. The maximum atomic E-state index is 3.72. The van der Waals surface area contributed by atoms with Crippen molar-refractivity contribution in [3.63, 3.8) is 0 Å². The van der Waals surface area contributed by atoms with E-state index >= 15 is 0 Å². The van der Waals surface area contributed by atoms with Gasteiger partial charge in [-0.05, 0) is 43.7 Å². The van der Waals surface area contributed by atoms with Gasteiger partial charge in [0.15, 0.2) is 0 Å². The van der Waals surface area contributed by atoms with Gasteiger partial charge in [0.25, 0.3) is 0 Å². The molecule has 0 fully saturated rings. The summed E-state index contributed by atoms with van der Waals surface area (Å²) in [5, 5.41) is 3.72. The number of benzene rings is 1. The molecule has 82 valence electrons. The third kappa shape index (κ3) is 2.40. The third-order valence-electron chi connectivity index (χ3n) is 3.47. The van der Waals surface area contributed by atoms with Crippen LogP contribution in [0.25, 0.3) is 0 Å². The summed E-state index contributed by atoms with van der Waals surface area (Å²) < 4.78 is 0. The van der Waals surface area contributed by atoms with Crippen LogP contribution >= 0.6 is 0 Å². The molecule has 0 spiro atoms. The first kappa shape index (κ1) is 10.7. The zero-order chi connectivity index (χ0) is 10.7. The Bertz CT molecular complexity index is 319. The van der Waals surface area contributed by atoms with E-state index in [0.29, 0.717) is 12.1 Å². The molecule has 0 saturated heterocycles. The predicted molar refractivity (Wildman–Crippen MR) is 65.0 cm³/mol. The highest BCUT2D eigenvalue weighted by Gasteiger charge is 2.20. The number of hydrogen-bond donors (Lipinski definition) is 1. The second kappa shape index (κ2) is 4.80. The van der Waals surface area contributed by atoms with Gasteiger partial charge in [-0.3, -0.25) is 0 Å². The van der Waals surface area contributed by atoms with E-state index in [1.54, 1.807) is 5.56 Å². The van der Waals surface area contributed by atoms with Crippen molar-refractivity contribution >= 4 is 0 Å². The summed E-state index contributed by atoms with van der Waals surface area (Å²) in [7, 11) is 0. The quantitative estimate of drug-likeness (QED) is 0.793. The van der Waals surface area contributed by atoms with Crippen LogP contribution in [-0.2, 0) is 6.42 Å². The van der Waals surface area contributed by atoms with Gasteiger partial charge in [-0.25, -0.2) is 0 Å². The molecule has 15 heavy (non-hydrogen) atoms. The molecule has 1 aliphatic carbocycles. The summed E-state index contributed by atoms with van der Waals surface area (Å²) in [6.45, 7) is 4.52. The summed E-state index contributed by atoms with van der Waals surface area (Å²) >= 11 is 0. The lowest BCUT2D eigenvalue weighted by atomic mass is 9.87. The number of aryl methyl sites for hydroxylation is 1. The molecule has 0 heterocycles. The molecular formula is C14H21N. The topological polar surface area (TPSA) is 12.0 Å². The van der Waals surface area contributed by atoms with Crippen molar-refractivity contribution in [1.29, 1.82) is 0 Å². The lowest BCUT2D eigenvalue weighted by molar-refractivity contribution is 0.402. The highest BCUT2D eigenvalue weighted by atomic mass is 14.9. The number of nitrogens with one attached hydrogen (secondary N) is 1. The highest BCUT2D eigenvalue weighted by Crippen LogP contribution is 2.29. The Balaban J connectivity index is 2.15. The highest BCUT2D eigenvalue weighted by molar-refractivity contribution is 5.32. The Kier molecular flexibility index (Phi) is 3.42. The minimum absolute atomic E-state index is 0.588. The summed E-state index contributed by atoms with van der Waals surface area (Å²) in [5.41, 5.74) is 3.08. The van der Waals surface area contributed by atoms with Gasteiger partial charge >= 0.3 is 0 Å². The molecule has 1 aromatic rings. The van der Waals surface area contributed by atoms with E-state index in [-0.39, 0.29) is 0 Å². The molecule has 2 rings (SSSR count). The van der Waals surface area contributed by atoms with E-state index in [4.69, 9.17) is 0 Å². The van der Waals surface area contributed by atoms with E-state index in [2.05, 4.69) is 43.4 Å². The van der Waals surface area contributed by atoms with Crippen LogP contribution in [0.5, 0.6) is 0 Å². The van der Waals surface area contributed by atoms with Gasteiger partial charge in [0, 0.05) is 12.1 Å². The van der Waals surface area contributed by atoms with Gasteiger partial charge in [0.2, 0.25) is 0 Å². The van der Waals surface area contributed by atoms with Crippen molar-refractivity contribution in [2.45, 2.75) is 51.6 Å². The number of hydrogen-bond acceptors (Lipinski definition) is 1. The molecule has 2 atom stereocenters. The first-order valence-electron chi connectivity index (χ1n) is 6.15. The van der Waals surface area contributed by atoms with Crippen LogP contribution in [0.2, 0.25) is 0 Å². The fourth-order valence-electron chi connectivity index (χ4n) is 2.39. The van der Waals surface area contributed by atoms with Crippen LogP contribution in [0.3, 0.4) is 0 Å². The van der Waals surface area contributed by atoms with E-state index in [1.165, 1.54) is 31.2 Å². The lowest BCUT2D eigenvalue weighted by Crippen LogP contribution is -2.32. The minimum Gasteiger partial charge on any atom is -0.307 e. The first-order valence-corrected chi connectivity index (χ1v) is 6.15. The summed E-state index contributed by atoms with van der Waals surface area (Å²) in [6.07, 6.45) is 5.08. The third-order valence-corrected chi connectivity index (χ3v) is 3.47. The lowest BCUT2D eigenvalue weighted by Gasteiger charge is -2.28. The largest absolute Gasteiger partial charge is 0.307 e. The first-order chi connectivity index (χ1) is 7.31. The molecule has 0 radical (unpaired) electrons. The minimum atomic E-state index is 0.588. The van der Waals surface area contributed by atoms with Crippen LogP contribution in [0.4, 0.5) is 0 Å². The van der Waals surface area contributed by atoms with Gasteiger partial charge in [0.1, 0.15) is 0 Å².